The van der Waals surface area contributed by atoms with Crippen LogP contribution in [0.25, 0.3) is 0 Å². The fourth-order valence-electron chi connectivity index (χ4n) is 1.65. The van der Waals surface area contributed by atoms with Gasteiger partial charge in [0, 0.05) is 6.54 Å². The lowest BCUT2D eigenvalue weighted by Crippen LogP contribution is -2.24. The first-order valence-corrected chi connectivity index (χ1v) is 5.79. The molecule has 0 bridgehead atoms. The minimum absolute atomic E-state index is 0.206. The molecule has 0 spiro atoms. The smallest absolute Gasteiger partial charge is 0.308 e. The van der Waals surface area contributed by atoms with Gasteiger partial charge in [0.15, 0.2) is 23.3 Å². The van der Waals surface area contributed by atoms with Crippen LogP contribution in [0, 0.1) is 35.0 Å². The van der Waals surface area contributed by atoms with E-state index in [0.717, 1.165) is 0 Å². The molecular weight excluding hydrogens is 285 g/mol. The summed E-state index contributed by atoms with van der Waals surface area (Å²) in [5.74, 6) is -12.6. The van der Waals surface area contributed by atoms with E-state index in [1.54, 1.807) is 6.92 Å². The lowest BCUT2D eigenvalue weighted by molar-refractivity contribution is -0.141. The minimum Gasteiger partial charge on any atom is -0.481 e. The number of halogens is 5. The van der Waals surface area contributed by atoms with Gasteiger partial charge in [0.25, 0.3) is 0 Å². The molecule has 0 fully saturated rings. The quantitative estimate of drug-likeness (QED) is 0.481. The summed E-state index contributed by atoms with van der Waals surface area (Å²) in [4.78, 5) is 10.8. The summed E-state index contributed by atoms with van der Waals surface area (Å²) in [7, 11) is 0. The van der Waals surface area contributed by atoms with Gasteiger partial charge in [0.1, 0.15) is 5.69 Å². The van der Waals surface area contributed by atoms with E-state index in [1.165, 1.54) is 0 Å². The maximum absolute atomic E-state index is 13.3. The first-order valence-electron chi connectivity index (χ1n) is 5.79. The number of benzene rings is 1. The Balaban J connectivity index is 3.01. The fraction of sp³-hybridized carbons (Fsp3) is 0.417. The molecule has 1 unspecified atom stereocenters. The van der Waals surface area contributed by atoms with Gasteiger partial charge in [-0.05, 0) is 6.42 Å². The molecule has 0 aliphatic heterocycles. The van der Waals surface area contributed by atoms with Gasteiger partial charge in [-0.1, -0.05) is 13.3 Å². The Bertz CT molecular complexity index is 492. The summed E-state index contributed by atoms with van der Waals surface area (Å²) in [6.45, 7) is 1.26. The SMILES string of the molecule is CCCC(CNc1c(F)c(F)c(F)c(F)c1F)C(=O)O. The second kappa shape index (κ2) is 6.53. The van der Waals surface area contributed by atoms with Gasteiger partial charge in [0.05, 0.1) is 5.92 Å². The molecule has 1 aromatic carbocycles. The Morgan fingerprint density at radius 1 is 1.05 bits per heavy atom. The normalized spacial score (nSPS) is 12.3. The average Bonchev–Trinajstić information content (AvgIpc) is 2.41. The molecule has 0 saturated heterocycles. The van der Waals surface area contributed by atoms with Crippen LogP contribution in [-0.4, -0.2) is 17.6 Å². The van der Waals surface area contributed by atoms with E-state index in [2.05, 4.69) is 0 Å². The van der Waals surface area contributed by atoms with Crippen LogP contribution in [0.4, 0.5) is 27.6 Å². The lowest BCUT2D eigenvalue weighted by atomic mass is 10.0. The van der Waals surface area contributed by atoms with E-state index < -0.39 is 53.2 Å². The summed E-state index contributed by atoms with van der Waals surface area (Å²) in [5.41, 5.74) is -1.22. The maximum atomic E-state index is 13.3. The van der Waals surface area contributed by atoms with E-state index in [-0.39, 0.29) is 6.42 Å². The number of anilines is 1. The summed E-state index contributed by atoms with van der Waals surface area (Å²) >= 11 is 0. The first kappa shape index (κ1) is 16.2. The summed E-state index contributed by atoms with van der Waals surface area (Å²) in [6, 6.07) is 0. The van der Waals surface area contributed by atoms with Crippen molar-refractivity contribution in [2.45, 2.75) is 19.8 Å². The van der Waals surface area contributed by atoms with Crippen molar-refractivity contribution in [2.24, 2.45) is 5.92 Å². The molecule has 3 nitrogen and oxygen atoms in total. The highest BCUT2D eigenvalue weighted by atomic mass is 19.2. The van der Waals surface area contributed by atoms with Gasteiger partial charge in [-0.3, -0.25) is 4.79 Å². The van der Waals surface area contributed by atoms with E-state index in [9.17, 15) is 26.7 Å². The largest absolute Gasteiger partial charge is 0.481 e. The molecule has 1 rings (SSSR count). The zero-order valence-corrected chi connectivity index (χ0v) is 10.4. The van der Waals surface area contributed by atoms with Crippen molar-refractivity contribution in [3.05, 3.63) is 29.1 Å². The number of rotatable bonds is 6. The Labute approximate surface area is 111 Å². The third-order valence-electron chi connectivity index (χ3n) is 2.72. The van der Waals surface area contributed by atoms with Gasteiger partial charge >= 0.3 is 5.97 Å². The van der Waals surface area contributed by atoms with Gasteiger partial charge < -0.3 is 10.4 Å². The molecule has 0 heterocycles. The fourth-order valence-corrected chi connectivity index (χ4v) is 1.65. The molecule has 0 radical (unpaired) electrons. The highest BCUT2D eigenvalue weighted by Gasteiger charge is 2.26. The molecule has 0 aliphatic rings. The minimum atomic E-state index is -2.26. The van der Waals surface area contributed by atoms with Gasteiger partial charge in [0.2, 0.25) is 5.82 Å². The number of hydrogen-bond donors (Lipinski definition) is 2. The van der Waals surface area contributed by atoms with Crippen LogP contribution in [-0.2, 0) is 4.79 Å². The molecule has 0 aromatic heterocycles. The molecule has 20 heavy (non-hydrogen) atoms. The number of aliphatic carboxylic acids is 1. The topological polar surface area (TPSA) is 49.3 Å². The molecule has 1 aromatic rings. The van der Waals surface area contributed by atoms with Crippen LogP contribution in [0.1, 0.15) is 19.8 Å². The summed E-state index contributed by atoms with van der Waals surface area (Å²) in [6.07, 6.45) is 0.702. The second-order valence-corrected chi connectivity index (χ2v) is 4.15. The van der Waals surface area contributed by atoms with Crippen molar-refractivity contribution in [3.63, 3.8) is 0 Å². The van der Waals surface area contributed by atoms with Crippen LogP contribution in [0.3, 0.4) is 0 Å². The van der Waals surface area contributed by atoms with E-state index in [1.807, 2.05) is 5.32 Å². The highest BCUT2D eigenvalue weighted by molar-refractivity contribution is 5.70. The predicted octanol–water partition coefficient (Wildman–Crippen LogP) is 3.29. The Morgan fingerprint density at radius 2 is 1.50 bits per heavy atom. The molecule has 112 valence electrons. The van der Waals surface area contributed by atoms with Crippen LogP contribution in [0.5, 0.6) is 0 Å². The summed E-state index contributed by atoms with van der Waals surface area (Å²) < 4.78 is 65.2. The van der Waals surface area contributed by atoms with E-state index in [4.69, 9.17) is 5.11 Å². The number of carbonyl (C=O) groups is 1. The van der Waals surface area contributed by atoms with Crippen molar-refractivity contribution in [3.8, 4) is 0 Å². The Morgan fingerprint density at radius 3 is 1.90 bits per heavy atom. The Hall–Kier alpha value is -1.86. The van der Waals surface area contributed by atoms with Gasteiger partial charge in [-0.25, -0.2) is 22.0 Å². The third-order valence-corrected chi connectivity index (χ3v) is 2.72. The number of nitrogens with one attached hydrogen (secondary N) is 1. The first-order chi connectivity index (χ1) is 9.31. The van der Waals surface area contributed by atoms with Gasteiger partial charge in [-0.2, -0.15) is 0 Å². The monoisotopic (exact) mass is 297 g/mol. The third kappa shape index (κ3) is 3.17. The van der Waals surface area contributed by atoms with E-state index in [0.29, 0.717) is 6.42 Å². The van der Waals surface area contributed by atoms with Gasteiger partial charge in [-0.15, -0.1) is 0 Å². The molecular formula is C12H12F5NO2. The van der Waals surface area contributed by atoms with Crippen LogP contribution in [0.2, 0.25) is 0 Å². The molecule has 0 saturated carbocycles. The number of hydrogen-bond acceptors (Lipinski definition) is 2. The van der Waals surface area contributed by atoms with E-state index >= 15 is 0 Å². The zero-order chi connectivity index (χ0) is 15.4. The van der Waals surface area contributed by atoms with Crippen LogP contribution >= 0.6 is 0 Å². The zero-order valence-electron chi connectivity index (χ0n) is 10.4. The maximum Gasteiger partial charge on any atom is 0.308 e. The summed E-state index contributed by atoms with van der Waals surface area (Å²) in [5, 5.41) is 10.8. The molecule has 0 amide bonds. The van der Waals surface area contributed by atoms with Crippen molar-refractivity contribution in [2.75, 3.05) is 11.9 Å². The number of carboxylic acids is 1. The second-order valence-electron chi connectivity index (χ2n) is 4.15. The van der Waals surface area contributed by atoms with Crippen molar-refractivity contribution < 1.29 is 31.9 Å². The average molecular weight is 297 g/mol. The standard InChI is InChI=1S/C12H12F5NO2/c1-2-3-5(12(19)20)4-18-11-9(16)7(14)6(13)8(15)10(11)17/h5,18H,2-4H2,1H3,(H,19,20). The molecule has 8 heteroatoms. The molecule has 1 atom stereocenters. The van der Waals surface area contributed by atoms with Crippen LogP contribution in [0.15, 0.2) is 0 Å². The van der Waals surface area contributed by atoms with Crippen molar-refractivity contribution >= 4 is 11.7 Å². The highest BCUT2D eigenvalue weighted by Crippen LogP contribution is 2.27. The van der Waals surface area contributed by atoms with Crippen LogP contribution < -0.4 is 5.32 Å². The Kier molecular flexibility index (Phi) is 5.29. The number of carboxylic acid groups (broad SMARTS) is 1. The van der Waals surface area contributed by atoms with Crippen molar-refractivity contribution in [1.82, 2.24) is 0 Å². The molecule has 2 N–H and O–H groups in total. The molecule has 0 aliphatic carbocycles. The predicted molar refractivity (Wildman–Crippen MR) is 60.8 cm³/mol. The van der Waals surface area contributed by atoms with Crippen molar-refractivity contribution in [1.29, 1.82) is 0 Å². The lowest BCUT2D eigenvalue weighted by Gasteiger charge is -2.15.